The van der Waals surface area contributed by atoms with Crippen LogP contribution in [-0.4, -0.2) is 73.6 Å². The first-order valence-corrected chi connectivity index (χ1v) is 11.7. The fourth-order valence-corrected chi connectivity index (χ4v) is 5.05. The normalized spacial score (nSPS) is 19.2. The molecule has 0 atom stereocenters. The third-order valence-corrected chi connectivity index (χ3v) is 7.03. The van der Waals surface area contributed by atoms with Gasteiger partial charge in [-0.15, -0.1) is 0 Å². The molecule has 2 saturated heterocycles. The van der Waals surface area contributed by atoms with E-state index in [1.807, 2.05) is 4.90 Å². The molecule has 3 aliphatic heterocycles. The van der Waals surface area contributed by atoms with Gasteiger partial charge in [0.25, 0.3) is 11.6 Å². The van der Waals surface area contributed by atoms with Crippen molar-refractivity contribution in [3.63, 3.8) is 0 Å². The Morgan fingerprint density at radius 2 is 1.83 bits per heavy atom. The van der Waals surface area contributed by atoms with Gasteiger partial charge in [-0.2, -0.15) is 0 Å². The quantitative estimate of drug-likeness (QED) is 0.484. The number of ether oxygens (including phenoxy) is 3. The minimum atomic E-state index is -0.651. The zero-order chi connectivity index (χ0) is 24.6. The van der Waals surface area contributed by atoms with Gasteiger partial charge in [0.1, 0.15) is 22.8 Å². The number of anilines is 1. The van der Waals surface area contributed by atoms with Crippen LogP contribution >= 0.6 is 0 Å². The molecule has 0 unspecified atom stereocenters. The number of nitrogens with zero attached hydrogens (tertiary/aromatic N) is 3. The lowest BCUT2D eigenvalue weighted by molar-refractivity contribution is -0.384. The standard InChI is InChI=1S/C25H27N3O7/c1-33-18-3-5-23-19(15-18)22(29)16-25(35-23)6-8-27(9-7-25)24(30)17-2-4-20(21(14-17)28(31)32)26-10-12-34-13-11-26/h2-5,14-15H,6-13,16H2,1H3. The highest BCUT2D eigenvalue weighted by molar-refractivity contribution is 6.01. The molecule has 2 aromatic carbocycles. The summed E-state index contributed by atoms with van der Waals surface area (Å²) in [7, 11) is 1.55. The maximum atomic E-state index is 13.2. The van der Waals surface area contributed by atoms with E-state index >= 15 is 0 Å². The fourth-order valence-electron chi connectivity index (χ4n) is 5.05. The Labute approximate surface area is 202 Å². The summed E-state index contributed by atoms with van der Waals surface area (Å²) >= 11 is 0. The molecule has 0 aromatic heterocycles. The molecule has 3 aliphatic rings. The topological polar surface area (TPSA) is 111 Å². The fraction of sp³-hybridized carbons (Fsp3) is 0.440. The number of amides is 1. The summed E-state index contributed by atoms with van der Waals surface area (Å²) in [6.45, 7) is 2.95. The van der Waals surface area contributed by atoms with E-state index < -0.39 is 10.5 Å². The van der Waals surface area contributed by atoms with Crippen LogP contribution in [0.1, 0.15) is 40.0 Å². The number of methoxy groups -OCH3 is 1. The number of carbonyl (C=O) groups is 2. The number of Topliss-reactive ketones (excluding diaryl/α,β-unsaturated/α-hetero) is 1. The first-order valence-electron chi connectivity index (χ1n) is 11.7. The summed E-state index contributed by atoms with van der Waals surface area (Å²) in [6.07, 6.45) is 1.25. The Kier molecular flexibility index (Phi) is 6.06. The predicted octanol–water partition coefficient (Wildman–Crippen LogP) is 3.08. The summed E-state index contributed by atoms with van der Waals surface area (Å²) in [5.41, 5.74) is 0.557. The van der Waals surface area contributed by atoms with E-state index in [0.29, 0.717) is 75.0 Å². The highest BCUT2D eigenvalue weighted by atomic mass is 16.6. The molecular formula is C25H27N3O7. The minimum Gasteiger partial charge on any atom is -0.497 e. The number of nitro benzene ring substituents is 1. The van der Waals surface area contributed by atoms with Gasteiger partial charge in [0.05, 0.1) is 37.2 Å². The zero-order valence-electron chi connectivity index (χ0n) is 19.5. The number of hydrogen-bond acceptors (Lipinski definition) is 8. The number of carbonyl (C=O) groups excluding carboxylic acids is 2. The number of morpholine rings is 1. The average Bonchev–Trinajstić information content (AvgIpc) is 2.88. The predicted molar refractivity (Wildman–Crippen MR) is 127 cm³/mol. The van der Waals surface area contributed by atoms with Crippen LogP contribution in [-0.2, 0) is 4.74 Å². The van der Waals surface area contributed by atoms with E-state index in [9.17, 15) is 19.7 Å². The van der Waals surface area contributed by atoms with Crippen LogP contribution in [0.5, 0.6) is 11.5 Å². The highest BCUT2D eigenvalue weighted by Crippen LogP contribution is 2.41. The summed E-state index contributed by atoms with van der Waals surface area (Å²) in [4.78, 5) is 40.9. The molecule has 184 valence electrons. The SMILES string of the molecule is COc1ccc2c(c1)C(=O)CC1(CCN(C(=O)c3ccc(N4CCOCC4)c([N+](=O)[O-])c3)CC1)O2. The number of piperidine rings is 1. The molecule has 2 aromatic rings. The molecule has 1 spiro atoms. The van der Waals surface area contributed by atoms with Crippen molar-refractivity contribution in [2.75, 3.05) is 51.4 Å². The second-order valence-corrected chi connectivity index (χ2v) is 9.10. The minimum absolute atomic E-state index is 0.000692. The number of likely N-dealkylation sites (tertiary alicyclic amines) is 1. The van der Waals surface area contributed by atoms with Gasteiger partial charge in [-0.1, -0.05) is 0 Å². The number of nitro groups is 1. The van der Waals surface area contributed by atoms with Gasteiger partial charge in [-0.25, -0.2) is 0 Å². The molecule has 10 heteroatoms. The molecule has 35 heavy (non-hydrogen) atoms. The first-order chi connectivity index (χ1) is 16.9. The Morgan fingerprint density at radius 1 is 1.09 bits per heavy atom. The van der Waals surface area contributed by atoms with Crippen LogP contribution in [0.2, 0.25) is 0 Å². The summed E-state index contributed by atoms with van der Waals surface area (Å²) in [5, 5.41) is 11.8. The molecule has 1 amide bonds. The molecule has 2 fully saturated rings. The zero-order valence-corrected chi connectivity index (χ0v) is 19.5. The van der Waals surface area contributed by atoms with Crippen LogP contribution in [0.4, 0.5) is 11.4 Å². The number of fused-ring (bicyclic) bond motifs is 1. The lowest BCUT2D eigenvalue weighted by atomic mass is 9.82. The Hall–Kier alpha value is -3.66. The summed E-state index contributed by atoms with van der Waals surface area (Å²) in [6, 6.07) is 9.86. The van der Waals surface area contributed by atoms with Crippen molar-refractivity contribution in [2.24, 2.45) is 0 Å². The highest BCUT2D eigenvalue weighted by Gasteiger charge is 2.44. The maximum Gasteiger partial charge on any atom is 0.293 e. The van der Waals surface area contributed by atoms with Crippen LogP contribution in [0, 0.1) is 10.1 Å². The Bertz CT molecular complexity index is 1170. The van der Waals surface area contributed by atoms with Crippen LogP contribution < -0.4 is 14.4 Å². The number of hydrogen-bond donors (Lipinski definition) is 0. The van der Waals surface area contributed by atoms with Gasteiger partial charge in [0, 0.05) is 50.7 Å². The van der Waals surface area contributed by atoms with Crippen molar-refractivity contribution >= 4 is 23.1 Å². The number of benzene rings is 2. The third kappa shape index (κ3) is 4.41. The lowest BCUT2D eigenvalue weighted by Crippen LogP contribution is -2.52. The number of rotatable bonds is 4. The molecule has 3 heterocycles. The van der Waals surface area contributed by atoms with E-state index in [1.54, 1.807) is 42.3 Å². The van der Waals surface area contributed by atoms with Crippen molar-refractivity contribution in [3.05, 3.63) is 57.6 Å². The molecule has 10 nitrogen and oxygen atoms in total. The van der Waals surface area contributed by atoms with Gasteiger partial charge >= 0.3 is 0 Å². The summed E-state index contributed by atoms with van der Waals surface area (Å²) in [5.74, 6) is 0.880. The van der Waals surface area contributed by atoms with Crippen LogP contribution in [0.25, 0.3) is 0 Å². The first kappa shape index (κ1) is 23.1. The molecule has 0 aliphatic carbocycles. The van der Waals surface area contributed by atoms with E-state index in [4.69, 9.17) is 14.2 Å². The van der Waals surface area contributed by atoms with Gasteiger partial charge in [-0.05, 0) is 30.3 Å². The van der Waals surface area contributed by atoms with Crippen molar-refractivity contribution in [1.82, 2.24) is 4.90 Å². The van der Waals surface area contributed by atoms with Crippen molar-refractivity contribution < 1.29 is 28.7 Å². The third-order valence-electron chi connectivity index (χ3n) is 7.03. The van der Waals surface area contributed by atoms with Crippen LogP contribution in [0.3, 0.4) is 0 Å². The Balaban J connectivity index is 1.30. The monoisotopic (exact) mass is 481 g/mol. The van der Waals surface area contributed by atoms with E-state index in [2.05, 4.69) is 0 Å². The second-order valence-electron chi connectivity index (χ2n) is 9.10. The van der Waals surface area contributed by atoms with Gasteiger partial charge in [-0.3, -0.25) is 19.7 Å². The molecule has 0 saturated carbocycles. The molecule has 0 radical (unpaired) electrons. The number of ketones is 1. The van der Waals surface area contributed by atoms with Crippen molar-refractivity contribution in [3.8, 4) is 11.5 Å². The van der Waals surface area contributed by atoms with Crippen molar-refractivity contribution in [1.29, 1.82) is 0 Å². The van der Waals surface area contributed by atoms with Gasteiger partial charge < -0.3 is 24.0 Å². The molecule has 0 N–H and O–H groups in total. The van der Waals surface area contributed by atoms with Gasteiger partial charge in [0.15, 0.2) is 5.78 Å². The average molecular weight is 482 g/mol. The lowest BCUT2D eigenvalue weighted by Gasteiger charge is -2.44. The van der Waals surface area contributed by atoms with E-state index in [1.165, 1.54) is 6.07 Å². The van der Waals surface area contributed by atoms with E-state index in [-0.39, 0.29) is 29.4 Å². The second kappa shape index (κ2) is 9.18. The van der Waals surface area contributed by atoms with Crippen molar-refractivity contribution in [2.45, 2.75) is 24.9 Å². The molecular weight excluding hydrogens is 454 g/mol. The molecule has 0 bridgehead atoms. The summed E-state index contributed by atoms with van der Waals surface area (Å²) < 4.78 is 16.8. The van der Waals surface area contributed by atoms with E-state index in [0.717, 1.165) is 0 Å². The largest absolute Gasteiger partial charge is 0.497 e. The molecule has 5 rings (SSSR count). The maximum absolute atomic E-state index is 13.2. The smallest absolute Gasteiger partial charge is 0.293 e. The van der Waals surface area contributed by atoms with Crippen LogP contribution in [0.15, 0.2) is 36.4 Å². The Morgan fingerprint density at radius 3 is 2.51 bits per heavy atom. The van der Waals surface area contributed by atoms with Gasteiger partial charge in [0.2, 0.25) is 0 Å².